The molecule has 1 amide bonds. The molecule has 2 N–H and O–H groups in total. The van der Waals surface area contributed by atoms with Gasteiger partial charge in [-0.3, -0.25) is 4.79 Å². The van der Waals surface area contributed by atoms with Crippen LogP contribution in [0.3, 0.4) is 0 Å². The molecular weight excluding hydrogens is 240 g/mol. The van der Waals surface area contributed by atoms with Gasteiger partial charge in [0, 0.05) is 23.8 Å². The zero-order valence-electron chi connectivity index (χ0n) is 12.1. The van der Waals surface area contributed by atoms with Gasteiger partial charge in [0.05, 0.1) is 12.7 Å². The van der Waals surface area contributed by atoms with Crippen LogP contribution in [-0.2, 0) is 0 Å². The van der Waals surface area contributed by atoms with Crippen molar-refractivity contribution in [3.05, 3.63) is 36.4 Å². The van der Waals surface area contributed by atoms with E-state index >= 15 is 0 Å². The summed E-state index contributed by atoms with van der Waals surface area (Å²) >= 11 is 0. The first-order valence-electron chi connectivity index (χ1n) is 6.17. The number of anilines is 1. The van der Waals surface area contributed by atoms with Crippen LogP contribution in [0.25, 0.3) is 0 Å². The van der Waals surface area contributed by atoms with E-state index in [-0.39, 0.29) is 11.4 Å². The smallest absolute Gasteiger partial charge is 0.256 e. The molecule has 0 spiro atoms. The number of nitrogen functional groups attached to an aromatic ring is 1. The van der Waals surface area contributed by atoms with Crippen LogP contribution in [0.2, 0.25) is 0 Å². The fraction of sp³-hybridized carbons (Fsp3) is 0.400. The van der Waals surface area contributed by atoms with Gasteiger partial charge in [-0.15, -0.1) is 6.58 Å². The van der Waals surface area contributed by atoms with Gasteiger partial charge in [-0.2, -0.15) is 0 Å². The summed E-state index contributed by atoms with van der Waals surface area (Å²) in [5.41, 5.74) is 6.53. The predicted octanol–water partition coefficient (Wildman–Crippen LogP) is 2.70. The number of amides is 1. The van der Waals surface area contributed by atoms with E-state index in [0.717, 1.165) is 0 Å². The molecule has 0 aromatic heterocycles. The number of carbonyl (C=O) groups is 1. The molecule has 0 fully saturated rings. The van der Waals surface area contributed by atoms with Gasteiger partial charge in [-0.25, -0.2) is 0 Å². The van der Waals surface area contributed by atoms with Gasteiger partial charge in [0.15, 0.2) is 0 Å². The van der Waals surface area contributed by atoms with Crippen LogP contribution < -0.4 is 10.5 Å². The Hall–Kier alpha value is -1.97. The molecule has 0 aliphatic heterocycles. The lowest BCUT2D eigenvalue weighted by Crippen LogP contribution is -2.45. The number of benzene rings is 1. The lowest BCUT2D eigenvalue weighted by Gasteiger charge is -2.35. The SMILES string of the molecule is C=CCN(C(=O)c1ccc(OC)cc1N)C(C)(C)C. The third kappa shape index (κ3) is 3.50. The van der Waals surface area contributed by atoms with Crippen molar-refractivity contribution in [3.63, 3.8) is 0 Å². The van der Waals surface area contributed by atoms with Crippen molar-refractivity contribution in [2.45, 2.75) is 26.3 Å². The molecule has 4 nitrogen and oxygen atoms in total. The van der Waals surface area contributed by atoms with Crippen LogP contribution in [0.5, 0.6) is 5.75 Å². The molecule has 0 heterocycles. The van der Waals surface area contributed by atoms with Gasteiger partial charge in [0.25, 0.3) is 5.91 Å². The normalized spacial score (nSPS) is 10.9. The van der Waals surface area contributed by atoms with E-state index in [2.05, 4.69) is 6.58 Å². The van der Waals surface area contributed by atoms with Crippen LogP contribution in [-0.4, -0.2) is 30.0 Å². The second-order valence-electron chi connectivity index (χ2n) is 5.33. The summed E-state index contributed by atoms with van der Waals surface area (Å²) in [6, 6.07) is 5.08. The summed E-state index contributed by atoms with van der Waals surface area (Å²) in [7, 11) is 1.56. The number of rotatable bonds is 4. The fourth-order valence-electron chi connectivity index (χ4n) is 1.80. The molecule has 1 aromatic carbocycles. The van der Waals surface area contributed by atoms with Crippen LogP contribution in [0.1, 0.15) is 31.1 Å². The average molecular weight is 262 g/mol. The maximum Gasteiger partial charge on any atom is 0.256 e. The summed E-state index contributed by atoms with van der Waals surface area (Å²) in [6.45, 7) is 10.1. The lowest BCUT2D eigenvalue weighted by molar-refractivity contribution is 0.0618. The summed E-state index contributed by atoms with van der Waals surface area (Å²) in [4.78, 5) is 14.3. The molecule has 4 heteroatoms. The zero-order chi connectivity index (χ0) is 14.6. The molecule has 0 bridgehead atoms. The molecule has 0 aliphatic carbocycles. The quantitative estimate of drug-likeness (QED) is 0.670. The van der Waals surface area contributed by atoms with Gasteiger partial charge in [0.1, 0.15) is 5.75 Å². The van der Waals surface area contributed by atoms with Crippen molar-refractivity contribution in [1.82, 2.24) is 4.90 Å². The molecule has 1 rings (SSSR count). The van der Waals surface area contributed by atoms with E-state index in [9.17, 15) is 4.79 Å². The van der Waals surface area contributed by atoms with Crippen LogP contribution in [0.15, 0.2) is 30.9 Å². The Morgan fingerprint density at radius 2 is 2.11 bits per heavy atom. The number of nitrogens with two attached hydrogens (primary N) is 1. The van der Waals surface area contributed by atoms with Gasteiger partial charge in [-0.05, 0) is 32.9 Å². The number of hydrogen-bond acceptors (Lipinski definition) is 3. The maximum absolute atomic E-state index is 12.6. The minimum Gasteiger partial charge on any atom is -0.497 e. The van der Waals surface area contributed by atoms with E-state index in [1.54, 1.807) is 36.3 Å². The summed E-state index contributed by atoms with van der Waals surface area (Å²) in [5.74, 6) is 0.535. The van der Waals surface area contributed by atoms with Crippen molar-refractivity contribution in [1.29, 1.82) is 0 Å². The van der Waals surface area contributed by atoms with Crippen LogP contribution >= 0.6 is 0 Å². The minimum atomic E-state index is -0.294. The Labute approximate surface area is 114 Å². The van der Waals surface area contributed by atoms with Gasteiger partial charge in [0.2, 0.25) is 0 Å². The average Bonchev–Trinajstić information content (AvgIpc) is 2.33. The van der Waals surface area contributed by atoms with E-state index in [4.69, 9.17) is 10.5 Å². The monoisotopic (exact) mass is 262 g/mol. The molecular formula is C15H22N2O2. The summed E-state index contributed by atoms with van der Waals surface area (Å²) in [5, 5.41) is 0. The molecule has 104 valence electrons. The first-order valence-corrected chi connectivity index (χ1v) is 6.17. The molecule has 0 atom stereocenters. The third-order valence-electron chi connectivity index (χ3n) is 2.86. The Morgan fingerprint density at radius 3 is 2.53 bits per heavy atom. The topological polar surface area (TPSA) is 55.6 Å². The molecule has 0 saturated heterocycles. The maximum atomic E-state index is 12.6. The number of carbonyl (C=O) groups excluding carboxylic acids is 1. The standard InChI is InChI=1S/C15H22N2O2/c1-6-9-17(15(2,3)4)14(18)12-8-7-11(19-5)10-13(12)16/h6-8,10H,1,9,16H2,2-5H3. The second kappa shape index (κ2) is 5.78. The highest BCUT2D eigenvalue weighted by Gasteiger charge is 2.27. The van der Waals surface area contributed by atoms with E-state index < -0.39 is 0 Å². The highest BCUT2D eigenvalue weighted by atomic mass is 16.5. The van der Waals surface area contributed by atoms with Crippen molar-refractivity contribution < 1.29 is 9.53 Å². The first-order chi connectivity index (χ1) is 8.81. The van der Waals surface area contributed by atoms with Gasteiger partial charge < -0.3 is 15.4 Å². The number of hydrogen-bond donors (Lipinski definition) is 1. The molecule has 0 unspecified atom stereocenters. The highest BCUT2D eigenvalue weighted by molar-refractivity contribution is 5.99. The Balaban J connectivity index is 3.13. The van der Waals surface area contributed by atoms with Crippen LogP contribution in [0, 0.1) is 0 Å². The van der Waals surface area contributed by atoms with E-state index in [0.29, 0.717) is 23.5 Å². The Bertz CT molecular complexity index is 476. The first kappa shape index (κ1) is 15.1. The largest absolute Gasteiger partial charge is 0.497 e. The number of ether oxygens (including phenoxy) is 1. The number of methoxy groups -OCH3 is 1. The fourth-order valence-corrected chi connectivity index (χ4v) is 1.80. The van der Waals surface area contributed by atoms with Crippen LogP contribution in [0.4, 0.5) is 5.69 Å². The minimum absolute atomic E-state index is 0.104. The summed E-state index contributed by atoms with van der Waals surface area (Å²) < 4.78 is 5.08. The predicted molar refractivity (Wildman–Crippen MR) is 78.4 cm³/mol. The molecule has 0 saturated carbocycles. The molecule has 0 aliphatic rings. The number of nitrogens with zero attached hydrogens (tertiary/aromatic N) is 1. The van der Waals surface area contributed by atoms with Gasteiger partial charge in [-0.1, -0.05) is 6.08 Å². The van der Waals surface area contributed by atoms with Crippen molar-refractivity contribution >= 4 is 11.6 Å². The van der Waals surface area contributed by atoms with Crippen molar-refractivity contribution in [3.8, 4) is 5.75 Å². The van der Waals surface area contributed by atoms with Crippen molar-refractivity contribution in [2.24, 2.45) is 0 Å². The second-order valence-corrected chi connectivity index (χ2v) is 5.33. The Morgan fingerprint density at radius 1 is 1.47 bits per heavy atom. The highest BCUT2D eigenvalue weighted by Crippen LogP contribution is 2.24. The van der Waals surface area contributed by atoms with Crippen molar-refractivity contribution in [2.75, 3.05) is 19.4 Å². The Kier molecular flexibility index (Phi) is 4.59. The third-order valence-corrected chi connectivity index (χ3v) is 2.86. The summed E-state index contributed by atoms with van der Waals surface area (Å²) in [6.07, 6.45) is 1.71. The lowest BCUT2D eigenvalue weighted by atomic mass is 10.0. The molecule has 1 aromatic rings. The van der Waals surface area contributed by atoms with Gasteiger partial charge >= 0.3 is 0 Å². The molecule has 19 heavy (non-hydrogen) atoms. The van der Waals surface area contributed by atoms with E-state index in [1.807, 2.05) is 20.8 Å². The van der Waals surface area contributed by atoms with E-state index in [1.165, 1.54) is 0 Å². The molecule has 0 radical (unpaired) electrons. The zero-order valence-corrected chi connectivity index (χ0v) is 12.1.